The van der Waals surface area contributed by atoms with Crippen molar-refractivity contribution >= 4 is 5.97 Å². The number of aliphatic carboxylic acids is 1. The summed E-state index contributed by atoms with van der Waals surface area (Å²) in [5, 5.41) is 11.1. The molecule has 76 valence electrons. The van der Waals surface area contributed by atoms with Gasteiger partial charge in [-0.25, -0.2) is 0 Å². The van der Waals surface area contributed by atoms with Gasteiger partial charge in [-0.1, -0.05) is 0 Å². The second kappa shape index (κ2) is 3.53. The molecule has 6 heteroatoms. The number of carbonyl (C=O) groups is 1. The number of halogens is 3. The van der Waals surface area contributed by atoms with Gasteiger partial charge in [0.2, 0.25) is 0 Å². The summed E-state index contributed by atoms with van der Waals surface area (Å²) in [5.41, 5.74) is 0. The van der Waals surface area contributed by atoms with Crippen molar-refractivity contribution in [1.82, 2.24) is 5.32 Å². The fourth-order valence-electron chi connectivity index (χ4n) is 1.50. The van der Waals surface area contributed by atoms with Crippen LogP contribution >= 0.6 is 0 Å². The number of alkyl halides is 3. The lowest BCUT2D eigenvalue weighted by atomic mass is 9.86. The van der Waals surface area contributed by atoms with Gasteiger partial charge in [0, 0.05) is 6.54 Å². The molecule has 1 saturated heterocycles. The monoisotopic (exact) mass is 197 g/mol. The summed E-state index contributed by atoms with van der Waals surface area (Å²) in [6, 6.07) is 0. The number of hydrogen-bond donors (Lipinski definition) is 2. The van der Waals surface area contributed by atoms with E-state index in [0.29, 0.717) is 6.54 Å². The third-order valence-corrected chi connectivity index (χ3v) is 2.22. The van der Waals surface area contributed by atoms with Gasteiger partial charge in [-0.3, -0.25) is 4.79 Å². The minimum atomic E-state index is -4.42. The topological polar surface area (TPSA) is 49.3 Å². The van der Waals surface area contributed by atoms with Crippen molar-refractivity contribution in [3.63, 3.8) is 0 Å². The SMILES string of the molecule is O=C(O)C1CCNCC1C(F)(F)F. The molecule has 1 aliphatic rings. The molecule has 0 aromatic carbocycles. The second-order valence-corrected chi connectivity index (χ2v) is 3.09. The maximum absolute atomic E-state index is 12.2. The summed E-state index contributed by atoms with van der Waals surface area (Å²) in [6.45, 7) is 0.0456. The third kappa shape index (κ3) is 2.33. The van der Waals surface area contributed by atoms with Gasteiger partial charge in [0.25, 0.3) is 0 Å². The van der Waals surface area contributed by atoms with E-state index in [9.17, 15) is 18.0 Å². The average molecular weight is 197 g/mol. The van der Waals surface area contributed by atoms with E-state index in [0.717, 1.165) is 0 Å². The molecule has 0 aromatic heterocycles. The Bertz CT molecular complexity index is 204. The molecule has 3 nitrogen and oxygen atoms in total. The molecule has 1 heterocycles. The van der Waals surface area contributed by atoms with Crippen LogP contribution in [0.15, 0.2) is 0 Å². The van der Waals surface area contributed by atoms with Crippen molar-refractivity contribution in [3.05, 3.63) is 0 Å². The van der Waals surface area contributed by atoms with Crippen LogP contribution in [0.2, 0.25) is 0 Å². The molecule has 2 unspecified atom stereocenters. The predicted molar refractivity (Wildman–Crippen MR) is 38.2 cm³/mol. The van der Waals surface area contributed by atoms with Gasteiger partial charge < -0.3 is 10.4 Å². The van der Waals surface area contributed by atoms with E-state index in [1.807, 2.05) is 0 Å². The molecule has 0 amide bonds. The maximum Gasteiger partial charge on any atom is 0.393 e. The summed E-state index contributed by atoms with van der Waals surface area (Å²) in [7, 11) is 0. The lowest BCUT2D eigenvalue weighted by molar-refractivity contribution is -0.199. The van der Waals surface area contributed by atoms with E-state index in [4.69, 9.17) is 5.11 Å². The Morgan fingerprint density at radius 1 is 1.46 bits per heavy atom. The van der Waals surface area contributed by atoms with Crippen LogP contribution in [0.3, 0.4) is 0 Å². The summed E-state index contributed by atoms with van der Waals surface area (Å²) < 4.78 is 36.7. The van der Waals surface area contributed by atoms with Gasteiger partial charge in [0.1, 0.15) is 0 Å². The summed E-state index contributed by atoms with van der Waals surface area (Å²) >= 11 is 0. The molecule has 0 saturated carbocycles. The highest BCUT2D eigenvalue weighted by Crippen LogP contribution is 2.34. The Balaban J connectivity index is 2.73. The summed E-state index contributed by atoms with van der Waals surface area (Å²) in [6.07, 6.45) is -4.38. The van der Waals surface area contributed by atoms with E-state index < -0.39 is 24.0 Å². The number of piperidine rings is 1. The Labute approximate surface area is 72.9 Å². The van der Waals surface area contributed by atoms with Crippen molar-refractivity contribution in [2.45, 2.75) is 12.6 Å². The fraction of sp³-hybridized carbons (Fsp3) is 0.857. The molecule has 0 spiro atoms. The third-order valence-electron chi connectivity index (χ3n) is 2.22. The van der Waals surface area contributed by atoms with Crippen LogP contribution in [0.5, 0.6) is 0 Å². The molecule has 1 aliphatic heterocycles. The molecular weight excluding hydrogens is 187 g/mol. The van der Waals surface area contributed by atoms with Crippen molar-refractivity contribution in [2.24, 2.45) is 11.8 Å². The highest BCUT2D eigenvalue weighted by molar-refractivity contribution is 5.70. The highest BCUT2D eigenvalue weighted by Gasteiger charge is 2.48. The number of carboxylic acids is 1. The maximum atomic E-state index is 12.2. The quantitative estimate of drug-likeness (QED) is 0.655. The van der Waals surface area contributed by atoms with Gasteiger partial charge in [-0.2, -0.15) is 13.2 Å². The van der Waals surface area contributed by atoms with Crippen LogP contribution < -0.4 is 5.32 Å². The first kappa shape index (κ1) is 10.3. The summed E-state index contributed by atoms with van der Waals surface area (Å²) in [4.78, 5) is 10.5. The molecule has 0 aliphatic carbocycles. The Morgan fingerprint density at radius 3 is 2.46 bits per heavy atom. The van der Waals surface area contributed by atoms with Gasteiger partial charge in [-0.15, -0.1) is 0 Å². The van der Waals surface area contributed by atoms with Crippen molar-refractivity contribution in [2.75, 3.05) is 13.1 Å². The fourth-order valence-corrected chi connectivity index (χ4v) is 1.50. The Hall–Kier alpha value is -0.780. The van der Waals surface area contributed by atoms with E-state index in [1.54, 1.807) is 0 Å². The highest BCUT2D eigenvalue weighted by atomic mass is 19.4. The second-order valence-electron chi connectivity index (χ2n) is 3.09. The first-order chi connectivity index (χ1) is 5.93. The number of rotatable bonds is 1. The molecular formula is C7H10F3NO2. The summed E-state index contributed by atoms with van der Waals surface area (Å²) in [5.74, 6) is -4.40. The zero-order valence-corrected chi connectivity index (χ0v) is 6.77. The van der Waals surface area contributed by atoms with E-state index in [-0.39, 0.29) is 13.0 Å². The van der Waals surface area contributed by atoms with Gasteiger partial charge in [0.05, 0.1) is 11.8 Å². The molecule has 2 atom stereocenters. The average Bonchev–Trinajstić information content (AvgIpc) is 2.03. The van der Waals surface area contributed by atoms with E-state index in [1.165, 1.54) is 0 Å². The van der Waals surface area contributed by atoms with Crippen LogP contribution in [-0.2, 0) is 4.79 Å². The number of hydrogen-bond acceptors (Lipinski definition) is 2. The molecule has 2 N–H and O–H groups in total. The molecule has 0 aromatic rings. The van der Waals surface area contributed by atoms with Crippen LogP contribution in [0.25, 0.3) is 0 Å². The predicted octanol–water partition coefficient (Wildman–Crippen LogP) is 0.859. The molecule has 0 radical (unpaired) electrons. The van der Waals surface area contributed by atoms with Crippen LogP contribution in [0.1, 0.15) is 6.42 Å². The van der Waals surface area contributed by atoms with E-state index in [2.05, 4.69) is 5.32 Å². The molecule has 1 rings (SSSR count). The first-order valence-electron chi connectivity index (χ1n) is 3.93. The van der Waals surface area contributed by atoms with Crippen LogP contribution in [0, 0.1) is 11.8 Å². The van der Waals surface area contributed by atoms with E-state index >= 15 is 0 Å². The molecule has 0 bridgehead atoms. The Morgan fingerprint density at radius 2 is 2.08 bits per heavy atom. The minimum absolute atomic E-state index is 0.0412. The van der Waals surface area contributed by atoms with Gasteiger partial charge in [0.15, 0.2) is 0 Å². The molecule has 1 fully saturated rings. The van der Waals surface area contributed by atoms with Gasteiger partial charge in [-0.05, 0) is 13.0 Å². The minimum Gasteiger partial charge on any atom is -0.481 e. The van der Waals surface area contributed by atoms with Crippen molar-refractivity contribution in [1.29, 1.82) is 0 Å². The number of nitrogens with one attached hydrogen (secondary N) is 1. The zero-order chi connectivity index (χ0) is 10.1. The lowest BCUT2D eigenvalue weighted by Crippen LogP contribution is -2.47. The smallest absolute Gasteiger partial charge is 0.393 e. The van der Waals surface area contributed by atoms with Crippen molar-refractivity contribution in [3.8, 4) is 0 Å². The van der Waals surface area contributed by atoms with Crippen LogP contribution in [0.4, 0.5) is 13.2 Å². The van der Waals surface area contributed by atoms with Crippen molar-refractivity contribution < 1.29 is 23.1 Å². The first-order valence-corrected chi connectivity index (χ1v) is 3.93. The lowest BCUT2D eigenvalue weighted by Gasteiger charge is -2.30. The Kier molecular flexibility index (Phi) is 2.80. The number of carboxylic acid groups (broad SMARTS) is 1. The standard InChI is InChI=1S/C7H10F3NO2/c8-7(9,10)5-3-11-2-1-4(5)6(12)13/h4-5,11H,1-3H2,(H,12,13). The van der Waals surface area contributed by atoms with Crippen LogP contribution in [-0.4, -0.2) is 30.3 Å². The van der Waals surface area contributed by atoms with Gasteiger partial charge >= 0.3 is 12.1 Å². The zero-order valence-electron chi connectivity index (χ0n) is 6.77. The molecule has 13 heavy (non-hydrogen) atoms. The normalized spacial score (nSPS) is 30.1. The largest absolute Gasteiger partial charge is 0.481 e.